The lowest BCUT2D eigenvalue weighted by Gasteiger charge is -2.17. The molecule has 2 aromatic heterocycles. The van der Waals surface area contributed by atoms with Crippen molar-refractivity contribution in [2.24, 2.45) is 12.0 Å². The van der Waals surface area contributed by atoms with Gasteiger partial charge in [0, 0.05) is 35.8 Å². The topological polar surface area (TPSA) is 67.1 Å². The molecule has 2 N–H and O–H groups in total. The van der Waals surface area contributed by atoms with Crippen LogP contribution in [0.2, 0.25) is 0 Å². The van der Waals surface area contributed by atoms with E-state index in [1.807, 2.05) is 29.9 Å². The minimum absolute atomic E-state index is 0. The molecule has 24 heavy (non-hydrogen) atoms. The minimum Gasteiger partial charge on any atom is -0.357 e. The van der Waals surface area contributed by atoms with E-state index in [0.717, 1.165) is 30.6 Å². The molecule has 0 aliphatic heterocycles. The zero-order valence-corrected chi connectivity index (χ0v) is 18.1. The molecule has 2 aromatic rings. The Bertz CT molecular complexity index is 663. The van der Waals surface area contributed by atoms with Crippen LogP contribution in [0.15, 0.2) is 17.1 Å². The quantitative estimate of drug-likeness (QED) is 0.394. The second kappa shape index (κ2) is 9.97. The number of rotatable bonds is 6. The number of thiophene rings is 1. The molecule has 0 bridgehead atoms. The first-order valence-corrected chi connectivity index (χ1v) is 8.76. The van der Waals surface area contributed by atoms with E-state index in [0.29, 0.717) is 12.6 Å². The zero-order valence-electron chi connectivity index (χ0n) is 15.0. The summed E-state index contributed by atoms with van der Waals surface area (Å²) in [5.74, 6) is 2.57. The molecule has 0 aromatic carbocycles. The first-order chi connectivity index (χ1) is 11.0. The highest BCUT2D eigenvalue weighted by atomic mass is 127. The largest absolute Gasteiger partial charge is 0.357 e. The molecule has 0 aliphatic carbocycles. The molecule has 134 valence electrons. The summed E-state index contributed by atoms with van der Waals surface area (Å²) in [5.41, 5.74) is 0. The van der Waals surface area contributed by atoms with Crippen LogP contribution in [-0.2, 0) is 20.0 Å². The summed E-state index contributed by atoms with van der Waals surface area (Å²) < 4.78 is 1.96. The van der Waals surface area contributed by atoms with Crippen LogP contribution in [-0.4, -0.2) is 33.3 Å². The molecule has 6 nitrogen and oxygen atoms in total. The van der Waals surface area contributed by atoms with E-state index in [4.69, 9.17) is 0 Å². The number of aryl methyl sites for hydroxylation is 2. The molecule has 1 atom stereocenters. The lowest BCUT2D eigenvalue weighted by Crippen LogP contribution is -2.43. The van der Waals surface area contributed by atoms with Gasteiger partial charge in [-0.3, -0.25) is 0 Å². The summed E-state index contributed by atoms with van der Waals surface area (Å²) in [6, 6.07) is 4.68. The van der Waals surface area contributed by atoms with Crippen molar-refractivity contribution in [3.05, 3.63) is 33.5 Å². The fourth-order valence-corrected chi connectivity index (χ4v) is 3.26. The van der Waals surface area contributed by atoms with Gasteiger partial charge < -0.3 is 15.2 Å². The van der Waals surface area contributed by atoms with Gasteiger partial charge in [-0.25, -0.2) is 4.99 Å². The predicted molar refractivity (Wildman–Crippen MR) is 111 cm³/mol. The smallest absolute Gasteiger partial charge is 0.191 e. The van der Waals surface area contributed by atoms with Crippen molar-refractivity contribution in [3.8, 4) is 0 Å². The lowest BCUT2D eigenvalue weighted by atomic mass is 10.2. The second-order valence-electron chi connectivity index (χ2n) is 5.68. The third-order valence-electron chi connectivity index (χ3n) is 3.59. The number of halogens is 1. The molecule has 1 unspecified atom stereocenters. The van der Waals surface area contributed by atoms with Crippen LogP contribution < -0.4 is 10.6 Å². The molecule has 0 radical (unpaired) electrons. The van der Waals surface area contributed by atoms with Crippen LogP contribution in [0, 0.1) is 13.8 Å². The Balaban J connectivity index is 0.00000288. The number of aromatic nitrogens is 3. The number of nitrogens with one attached hydrogen (secondary N) is 2. The van der Waals surface area contributed by atoms with E-state index in [2.05, 4.69) is 58.7 Å². The molecule has 0 amide bonds. The van der Waals surface area contributed by atoms with Crippen LogP contribution in [0.5, 0.6) is 0 Å². The summed E-state index contributed by atoms with van der Waals surface area (Å²) >= 11 is 1.85. The maximum absolute atomic E-state index is 4.62. The molecule has 0 fully saturated rings. The third kappa shape index (κ3) is 6.04. The molecule has 8 heteroatoms. The fraction of sp³-hybridized carbons (Fsp3) is 0.562. The highest BCUT2D eigenvalue weighted by Crippen LogP contribution is 2.16. The van der Waals surface area contributed by atoms with Crippen LogP contribution in [0.4, 0.5) is 0 Å². The predicted octanol–water partition coefficient (Wildman–Crippen LogP) is 2.80. The van der Waals surface area contributed by atoms with Crippen molar-refractivity contribution >= 4 is 41.3 Å². The van der Waals surface area contributed by atoms with Crippen molar-refractivity contribution in [2.75, 3.05) is 6.54 Å². The van der Waals surface area contributed by atoms with Crippen LogP contribution in [0.3, 0.4) is 0 Å². The van der Waals surface area contributed by atoms with Gasteiger partial charge in [0.25, 0.3) is 0 Å². The first-order valence-electron chi connectivity index (χ1n) is 7.94. The molecule has 0 spiro atoms. The van der Waals surface area contributed by atoms with Gasteiger partial charge in [0.05, 0.1) is 0 Å². The Kier molecular flexibility index (Phi) is 8.68. The van der Waals surface area contributed by atoms with Crippen molar-refractivity contribution < 1.29 is 0 Å². The molecule has 0 saturated heterocycles. The molecule has 2 rings (SSSR count). The molecule has 0 saturated carbocycles. The maximum Gasteiger partial charge on any atom is 0.191 e. The lowest BCUT2D eigenvalue weighted by molar-refractivity contribution is 0.643. The molecule has 0 aliphatic rings. The first kappa shape index (κ1) is 20.9. The number of nitrogens with zero attached hydrogens (tertiary/aromatic N) is 4. The molecular formula is C16H27IN6S. The van der Waals surface area contributed by atoms with Gasteiger partial charge in [-0.1, -0.05) is 0 Å². The fourth-order valence-electron chi connectivity index (χ4n) is 2.24. The summed E-state index contributed by atoms with van der Waals surface area (Å²) in [7, 11) is 1.96. The number of aliphatic imine (C=N–C) groups is 1. The average molecular weight is 462 g/mol. The Morgan fingerprint density at radius 1 is 1.33 bits per heavy atom. The summed E-state index contributed by atoms with van der Waals surface area (Å²) in [6.45, 7) is 9.66. The van der Waals surface area contributed by atoms with Crippen molar-refractivity contribution in [1.82, 2.24) is 25.4 Å². The highest BCUT2D eigenvalue weighted by Gasteiger charge is 2.09. The van der Waals surface area contributed by atoms with E-state index in [1.54, 1.807) is 0 Å². The van der Waals surface area contributed by atoms with Crippen molar-refractivity contribution in [1.29, 1.82) is 0 Å². The monoisotopic (exact) mass is 462 g/mol. The standard InChI is InChI=1S/C16H26N6S.HI/c1-6-17-16(18-10-15-21-20-13(4)22(15)5)19-11(2)9-14-8-7-12(3)23-14;/h7-8,11H,6,9-10H2,1-5H3,(H2,17,18,19);1H. The van der Waals surface area contributed by atoms with Crippen molar-refractivity contribution in [3.63, 3.8) is 0 Å². The normalized spacial score (nSPS) is 12.6. The molecule has 2 heterocycles. The summed E-state index contributed by atoms with van der Waals surface area (Å²) in [6.07, 6.45) is 0.992. The highest BCUT2D eigenvalue weighted by molar-refractivity contribution is 14.0. The number of guanidine groups is 1. The SMILES string of the molecule is CCNC(=NCc1nnc(C)n1C)NC(C)Cc1ccc(C)s1.I. The maximum atomic E-state index is 4.62. The van der Waals surface area contributed by atoms with Gasteiger partial charge in [0.2, 0.25) is 0 Å². The summed E-state index contributed by atoms with van der Waals surface area (Å²) in [5, 5.41) is 15.0. The Morgan fingerprint density at radius 2 is 2.08 bits per heavy atom. The van der Waals surface area contributed by atoms with Crippen LogP contribution in [0.25, 0.3) is 0 Å². The molecular weight excluding hydrogens is 435 g/mol. The van der Waals surface area contributed by atoms with E-state index in [1.165, 1.54) is 9.75 Å². The summed E-state index contributed by atoms with van der Waals surface area (Å²) in [4.78, 5) is 7.36. The van der Waals surface area contributed by atoms with Gasteiger partial charge >= 0.3 is 0 Å². The number of hydrogen-bond donors (Lipinski definition) is 2. The van der Waals surface area contributed by atoms with E-state index < -0.39 is 0 Å². The van der Waals surface area contributed by atoms with E-state index in [9.17, 15) is 0 Å². The average Bonchev–Trinajstić information content (AvgIpc) is 3.04. The van der Waals surface area contributed by atoms with Crippen molar-refractivity contribution in [2.45, 2.75) is 46.7 Å². The van der Waals surface area contributed by atoms with Gasteiger partial charge in [-0.05, 0) is 39.8 Å². The number of hydrogen-bond acceptors (Lipinski definition) is 4. The van der Waals surface area contributed by atoms with Gasteiger partial charge in [-0.2, -0.15) is 0 Å². The van der Waals surface area contributed by atoms with Gasteiger partial charge in [-0.15, -0.1) is 45.5 Å². The Labute approximate surface area is 165 Å². The third-order valence-corrected chi connectivity index (χ3v) is 4.62. The van der Waals surface area contributed by atoms with Gasteiger partial charge in [0.15, 0.2) is 11.8 Å². The zero-order chi connectivity index (χ0) is 16.8. The second-order valence-corrected chi connectivity index (χ2v) is 7.05. The minimum atomic E-state index is 0. The Morgan fingerprint density at radius 3 is 2.62 bits per heavy atom. The van der Waals surface area contributed by atoms with E-state index in [-0.39, 0.29) is 24.0 Å². The van der Waals surface area contributed by atoms with Crippen LogP contribution >= 0.6 is 35.3 Å². The Hall–Kier alpha value is -1.16. The van der Waals surface area contributed by atoms with E-state index >= 15 is 0 Å². The van der Waals surface area contributed by atoms with Gasteiger partial charge in [0.1, 0.15) is 12.4 Å². The van der Waals surface area contributed by atoms with Crippen LogP contribution in [0.1, 0.15) is 35.3 Å².